The normalized spacial score (nSPS) is 10.2. The van der Waals surface area contributed by atoms with E-state index in [1.165, 1.54) is 44.8 Å². The van der Waals surface area contributed by atoms with E-state index in [4.69, 9.17) is 0 Å². The van der Waals surface area contributed by atoms with E-state index in [1.54, 1.807) is 0 Å². The van der Waals surface area contributed by atoms with Crippen molar-refractivity contribution in [2.45, 2.75) is 41.5 Å². The summed E-state index contributed by atoms with van der Waals surface area (Å²) in [6, 6.07) is 29.0. The Morgan fingerprint density at radius 1 is 0.529 bits per heavy atom. The second-order valence-electron chi connectivity index (χ2n) is 8.74. The minimum atomic E-state index is 1.10. The van der Waals surface area contributed by atoms with Crippen LogP contribution in [0.4, 0.5) is 0 Å². The molecule has 4 aromatic carbocycles. The fourth-order valence-electron chi connectivity index (χ4n) is 4.46. The van der Waals surface area contributed by atoms with Gasteiger partial charge in [-0.3, -0.25) is 0 Å². The largest absolute Gasteiger partial charge is 0.214 e. The van der Waals surface area contributed by atoms with Crippen molar-refractivity contribution in [2.24, 2.45) is 0 Å². The maximum atomic E-state index is 3.28. The van der Waals surface area contributed by atoms with Crippen LogP contribution in [0, 0.1) is 45.8 Å². The molecule has 0 N–H and O–H groups in total. The minimum absolute atomic E-state index is 1.10. The van der Waals surface area contributed by atoms with Crippen molar-refractivity contribution in [3.8, 4) is 11.4 Å². The van der Waals surface area contributed by atoms with Gasteiger partial charge in [0.25, 0.3) is 0 Å². The number of nitrogens with zero attached hydrogens (tertiary/aromatic N) is 2. The Balaban J connectivity index is 0.000000265. The second-order valence-corrected chi connectivity index (χ2v) is 9.31. The minimum Gasteiger partial charge on any atom is -0.214 e. The molecule has 0 bridgehead atoms. The van der Waals surface area contributed by atoms with Crippen LogP contribution in [0.5, 0.6) is 0 Å². The molecule has 3 heteroatoms. The first-order valence-electron chi connectivity index (χ1n) is 11.6. The number of imidazole rings is 1. The molecule has 0 aliphatic heterocycles. The first-order valence-corrected chi connectivity index (χ1v) is 12.2. The van der Waals surface area contributed by atoms with Crippen molar-refractivity contribution >= 4 is 0 Å². The van der Waals surface area contributed by atoms with Gasteiger partial charge in [0.2, 0.25) is 0 Å². The Morgan fingerprint density at radius 2 is 0.824 bits per heavy atom. The molecule has 0 aliphatic carbocycles. The molecule has 34 heavy (non-hydrogen) atoms. The summed E-state index contributed by atoms with van der Waals surface area (Å²) in [5.41, 5.74) is 10.3. The Bertz CT molecular complexity index is 1180. The zero-order valence-electron chi connectivity index (χ0n) is 21.0. The van der Waals surface area contributed by atoms with Gasteiger partial charge in [0.1, 0.15) is 0 Å². The van der Waals surface area contributed by atoms with E-state index in [0.717, 1.165) is 4.29 Å². The van der Waals surface area contributed by atoms with Gasteiger partial charge < -0.3 is 0 Å². The van der Waals surface area contributed by atoms with Crippen molar-refractivity contribution < 1.29 is 15.9 Å². The zero-order valence-corrected chi connectivity index (χ0v) is 22.3. The third kappa shape index (κ3) is 6.26. The summed E-state index contributed by atoms with van der Waals surface area (Å²) in [7, 11) is 0. The van der Waals surface area contributed by atoms with E-state index in [9.17, 15) is 0 Å². The average molecular weight is 487 g/mol. The van der Waals surface area contributed by atoms with E-state index in [1.807, 2.05) is 60.7 Å². The summed E-state index contributed by atoms with van der Waals surface area (Å²) >= 11 is 3.28. The molecule has 0 unspecified atom stereocenters. The molecule has 0 saturated heterocycles. The Hall–Kier alpha value is -3.12. The maximum Gasteiger partial charge on any atom is -0.172 e. The Kier molecular flexibility index (Phi) is 8.88. The molecule has 0 atom stereocenters. The van der Waals surface area contributed by atoms with Crippen molar-refractivity contribution in [1.82, 2.24) is 9.13 Å². The topological polar surface area (TPSA) is 9.86 Å². The van der Waals surface area contributed by atoms with E-state index in [0.29, 0.717) is 0 Å². The average Bonchev–Trinajstić information content (AvgIpc) is 3.54. The van der Waals surface area contributed by atoms with Crippen molar-refractivity contribution in [3.63, 3.8) is 0 Å². The van der Waals surface area contributed by atoms with E-state index in [-0.39, 0.29) is 0 Å². The molecule has 1 aromatic heterocycles. The third-order valence-corrected chi connectivity index (χ3v) is 6.25. The van der Waals surface area contributed by atoms with Crippen molar-refractivity contribution in [1.29, 1.82) is 0 Å². The van der Waals surface area contributed by atoms with Crippen LogP contribution in [-0.2, 0) is 15.9 Å². The predicted molar refractivity (Wildman–Crippen MR) is 141 cm³/mol. The molecule has 176 valence electrons. The number of aromatic nitrogens is 2. The summed E-state index contributed by atoms with van der Waals surface area (Å²) in [6.45, 7) is 13.0. The van der Waals surface area contributed by atoms with Gasteiger partial charge in [-0.2, -0.15) is 36.4 Å². The molecule has 5 aromatic rings. The van der Waals surface area contributed by atoms with Gasteiger partial charge in [-0.05, 0) is 0 Å². The molecule has 0 aliphatic rings. The van der Waals surface area contributed by atoms with Gasteiger partial charge in [-0.15, -0.1) is 0 Å². The molecule has 2 nitrogen and oxygen atoms in total. The van der Waals surface area contributed by atoms with Gasteiger partial charge in [-0.1, -0.05) is 0 Å². The van der Waals surface area contributed by atoms with E-state index < -0.39 is 0 Å². The molecule has 5 rings (SSSR count). The summed E-state index contributed by atoms with van der Waals surface area (Å²) in [6.07, 6.45) is 4.30. The van der Waals surface area contributed by atoms with E-state index >= 15 is 0 Å². The first-order chi connectivity index (χ1) is 16.3. The van der Waals surface area contributed by atoms with Crippen molar-refractivity contribution in [2.75, 3.05) is 0 Å². The van der Waals surface area contributed by atoms with Crippen molar-refractivity contribution in [3.05, 3.63) is 135 Å². The molecule has 0 saturated carbocycles. The summed E-state index contributed by atoms with van der Waals surface area (Å²) in [4.78, 5) is 0. The number of hydrogen-bond acceptors (Lipinski definition) is 0. The third-order valence-electron chi connectivity index (χ3n) is 5.64. The predicted octanol–water partition coefficient (Wildman–Crippen LogP) is 8.01. The fraction of sp³-hybridized carbons (Fsp3) is 0.194. The fourth-order valence-corrected chi connectivity index (χ4v) is 4.94. The number of hydrogen-bond donors (Lipinski definition) is 0. The Morgan fingerprint density at radius 3 is 1.06 bits per heavy atom. The van der Waals surface area contributed by atoms with Crippen LogP contribution < -0.4 is 0 Å². The number of rotatable bonds is 2. The summed E-state index contributed by atoms with van der Waals surface area (Å²) < 4.78 is 5.60. The number of benzene rings is 2. The second kappa shape index (κ2) is 11.8. The molecule has 0 radical (unpaired) electrons. The van der Waals surface area contributed by atoms with Crippen LogP contribution in [0.15, 0.2) is 97.3 Å². The van der Waals surface area contributed by atoms with Crippen LogP contribution in [0.1, 0.15) is 33.4 Å². The maximum absolute atomic E-state index is 3.28. The van der Waals surface area contributed by atoms with Crippen LogP contribution in [0.25, 0.3) is 11.4 Å². The molecular weight excluding hydrogens is 452 g/mol. The standard InChI is InChI=1S/C21H24N2.2C5H5.Cr/c1-14-9-16(3)20(17(4)10-14)22-7-8-23(13-22)21-18(5)11-15(2)12-19(21)6;2*1-2-4-5-3-1;/h7-12H,1-6H3;2*1-5H;/q;2*-1;. The molecule has 1 heterocycles. The van der Waals surface area contributed by atoms with Gasteiger partial charge in [0.05, 0.1) is 0 Å². The SMILES string of the molecule is Cc1cc(C)c(-n2ccn(-c3c(C)cc(C)cc3C)[c]2=[Cr])c(C)c1.c1cc[cH-]c1.c1cc[cH-]c1. The van der Waals surface area contributed by atoms with Gasteiger partial charge >= 0.3 is 152 Å². The zero-order chi connectivity index (χ0) is 24.7. The van der Waals surface area contributed by atoms with Gasteiger partial charge in [0.15, 0.2) is 0 Å². The van der Waals surface area contributed by atoms with Crippen LogP contribution in [0.3, 0.4) is 0 Å². The summed E-state index contributed by atoms with van der Waals surface area (Å²) in [5.74, 6) is 0. The van der Waals surface area contributed by atoms with Crippen LogP contribution in [0.2, 0.25) is 0 Å². The monoisotopic (exact) mass is 486 g/mol. The van der Waals surface area contributed by atoms with Gasteiger partial charge in [-0.25, -0.2) is 24.3 Å². The van der Waals surface area contributed by atoms with Crippen LogP contribution in [-0.4, -0.2) is 9.13 Å². The first kappa shape index (κ1) is 25.5. The Labute approximate surface area is 212 Å². The number of aryl methyl sites for hydroxylation is 6. The van der Waals surface area contributed by atoms with Gasteiger partial charge in [0, 0.05) is 0 Å². The summed E-state index contributed by atoms with van der Waals surface area (Å²) in [5, 5.41) is 0. The van der Waals surface area contributed by atoms with E-state index in [2.05, 4.69) is 103 Å². The molecule has 0 amide bonds. The smallest absolute Gasteiger partial charge is 0.172 e. The van der Waals surface area contributed by atoms with Crippen LogP contribution >= 0.6 is 0 Å². The quantitative estimate of drug-likeness (QED) is 0.224. The molecule has 0 spiro atoms. The molecule has 0 fully saturated rings. The molecular formula is C31H34CrN2-2.